The zero-order chi connectivity index (χ0) is 30.7. The molecule has 3 aliphatic rings. The number of methoxy groups -OCH3 is 1. The molecular weight excluding hydrogens is 586 g/mol. The third-order valence-corrected chi connectivity index (χ3v) is 12.5. The Morgan fingerprint density at radius 1 is 0.977 bits per heavy atom. The summed E-state index contributed by atoms with van der Waals surface area (Å²) in [5.74, 6) is 0.970. The predicted molar refractivity (Wildman–Crippen MR) is 168 cm³/mol. The van der Waals surface area contributed by atoms with Gasteiger partial charge in [-0.15, -0.1) is 0 Å². The van der Waals surface area contributed by atoms with E-state index in [2.05, 4.69) is 0 Å². The molecule has 6 rings (SSSR count). The Morgan fingerprint density at radius 2 is 1.60 bits per heavy atom. The van der Waals surface area contributed by atoms with Crippen LogP contribution < -0.4 is 14.4 Å². The molecule has 0 spiro atoms. The smallest absolute Gasteiger partial charge is 0.232 e. The topological polar surface area (TPSA) is 93.1 Å². The van der Waals surface area contributed by atoms with E-state index >= 15 is 0 Å². The zero-order valence-electron chi connectivity index (χ0n) is 24.9. The number of hydrogen-bond acceptors (Lipinski definition) is 6. The van der Waals surface area contributed by atoms with Crippen LogP contribution in [0.15, 0.2) is 60.7 Å². The average Bonchev–Trinajstić information content (AvgIpc) is 3.12. The summed E-state index contributed by atoms with van der Waals surface area (Å²) in [7, 11) is -1.49. The van der Waals surface area contributed by atoms with E-state index in [0.29, 0.717) is 53.5 Å². The first-order chi connectivity index (χ1) is 20.4. The predicted octanol–water partition coefficient (Wildman–Crippen LogP) is 6.38. The summed E-state index contributed by atoms with van der Waals surface area (Å²) >= 11 is 6.24. The van der Waals surface area contributed by atoms with Crippen LogP contribution in [0, 0.1) is 5.92 Å². The number of carbonyl (C=O) groups excluding carboxylic acids is 1. The molecule has 0 aliphatic carbocycles. The number of carbonyl (C=O) groups is 1. The van der Waals surface area contributed by atoms with E-state index in [0.717, 1.165) is 16.7 Å². The quantitative estimate of drug-likeness (QED) is 0.328. The minimum Gasteiger partial charge on any atom is -0.493 e. The van der Waals surface area contributed by atoms with Crippen molar-refractivity contribution in [1.29, 1.82) is 0 Å². The molecule has 3 aromatic rings. The maximum Gasteiger partial charge on any atom is 0.232 e. The van der Waals surface area contributed by atoms with Crippen molar-refractivity contribution in [3.63, 3.8) is 0 Å². The molecule has 1 N–H and O–H groups in total. The van der Waals surface area contributed by atoms with Gasteiger partial charge in [0.2, 0.25) is 5.91 Å². The highest BCUT2D eigenvalue weighted by molar-refractivity contribution is 7.93. The number of nitrogens with zero attached hydrogens (tertiary/aromatic N) is 1. The van der Waals surface area contributed by atoms with Crippen LogP contribution in [0.2, 0.25) is 5.02 Å². The maximum absolute atomic E-state index is 13.9. The van der Waals surface area contributed by atoms with Gasteiger partial charge in [0.25, 0.3) is 0 Å². The number of halogens is 1. The van der Waals surface area contributed by atoms with Gasteiger partial charge in [-0.1, -0.05) is 35.9 Å². The van der Waals surface area contributed by atoms with Gasteiger partial charge >= 0.3 is 0 Å². The van der Waals surface area contributed by atoms with Gasteiger partial charge in [0.05, 0.1) is 41.8 Å². The fraction of sp³-hybridized carbons (Fsp3) is 0.441. The van der Waals surface area contributed by atoms with E-state index in [1.165, 1.54) is 0 Å². The van der Waals surface area contributed by atoms with E-state index in [4.69, 9.17) is 21.1 Å². The van der Waals surface area contributed by atoms with Crippen molar-refractivity contribution in [2.24, 2.45) is 5.92 Å². The highest BCUT2D eigenvalue weighted by Crippen LogP contribution is 2.48. The summed E-state index contributed by atoms with van der Waals surface area (Å²) in [6.07, 6.45) is 2.42. The number of benzene rings is 3. The van der Waals surface area contributed by atoms with Gasteiger partial charge in [-0.25, -0.2) is 8.42 Å². The standard InChI is InChI=1S/C34H38ClNO6S/c1-20(2)42-31-19-29-22(15-30(31)41-4)16-32(37)36(33(29)21-5-9-25(35)10-6-21)26-11-7-23(8-12-26)34(3,38)24-17-27-13-14-28(18-24)43(27,39)40/h5-12,15,19-20,24,27-28,33,38H,13-14,16-18H2,1-4H3/t24?,27-,28+,33?,34?. The monoisotopic (exact) mass is 623 g/mol. The van der Waals surface area contributed by atoms with E-state index in [9.17, 15) is 18.3 Å². The lowest BCUT2D eigenvalue weighted by molar-refractivity contribution is -0.118. The summed E-state index contributed by atoms with van der Waals surface area (Å²) in [4.78, 5) is 15.7. The Kier molecular flexibility index (Phi) is 7.76. The van der Waals surface area contributed by atoms with Crippen molar-refractivity contribution in [3.05, 3.63) is 87.9 Å². The van der Waals surface area contributed by atoms with Crippen molar-refractivity contribution in [2.45, 2.75) is 81.1 Å². The van der Waals surface area contributed by atoms with Gasteiger partial charge < -0.3 is 19.5 Å². The number of amides is 1. The van der Waals surface area contributed by atoms with Gasteiger partial charge in [0, 0.05) is 10.7 Å². The molecule has 7 nitrogen and oxygen atoms in total. The number of rotatable bonds is 7. The van der Waals surface area contributed by atoms with Crippen LogP contribution in [0.4, 0.5) is 5.69 Å². The van der Waals surface area contributed by atoms with Crippen molar-refractivity contribution in [1.82, 2.24) is 0 Å². The van der Waals surface area contributed by atoms with Crippen molar-refractivity contribution in [2.75, 3.05) is 12.0 Å². The SMILES string of the molecule is COc1cc2c(cc1OC(C)C)C(c1ccc(Cl)cc1)N(c1ccc(C(C)(O)C3C[C@H]4CC[C@@H](C3)S4(=O)=O)cc1)C(=O)C2. The summed E-state index contributed by atoms with van der Waals surface area (Å²) in [5, 5.41) is 11.6. The minimum absolute atomic E-state index is 0.0675. The largest absolute Gasteiger partial charge is 0.493 e. The Morgan fingerprint density at radius 3 is 2.19 bits per heavy atom. The normalized spacial score (nSPS) is 25.7. The fourth-order valence-corrected chi connectivity index (χ4v) is 9.79. The molecule has 1 amide bonds. The molecule has 3 heterocycles. The molecule has 228 valence electrons. The Bertz CT molecular complexity index is 1610. The molecule has 5 atom stereocenters. The molecule has 0 radical (unpaired) electrons. The van der Waals surface area contributed by atoms with E-state index in [1.54, 1.807) is 18.9 Å². The number of hydrogen-bond donors (Lipinski definition) is 1. The minimum atomic E-state index is -3.09. The van der Waals surface area contributed by atoms with Gasteiger partial charge in [-0.3, -0.25) is 4.79 Å². The van der Waals surface area contributed by atoms with Crippen LogP contribution in [0.25, 0.3) is 0 Å². The molecule has 3 aromatic carbocycles. The van der Waals surface area contributed by atoms with Crippen LogP contribution in [-0.2, 0) is 26.7 Å². The zero-order valence-corrected chi connectivity index (χ0v) is 26.5. The molecule has 2 saturated heterocycles. The number of ether oxygens (including phenoxy) is 2. The maximum atomic E-state index is 13.9. The lowest BCUT2D eigenvalue weighted by atomic mass is 9.78. The van der Waals surface area contributed by atoms with Gasteiger partial charge in [-0.2, -0.15) is 0 Å². The first-order valence-electron chi connectivity index (χ1n) is 14.9. The lowest BCUT2D eigenvalue weighted by Gasteiger charge is -2.40. The Labute approximate surface area is 258 Å². The second-order valence-electron chi connectivity index (χ2n) is 12.5. The third kappa shape index (κ3) is 5.32. The van der Waals surface area contributed by atoms with E-state index < -0.39 is 21.5 Å². The molecule has 43 heavy (non-hydrogen) atoms. The molecule has 0 aromatic heterocycles. The average molecular weight is 624 g/mol. The first kappa shape index (κ1) is 30.0. The molecular formula is C34H38ClNO6S. The number of aliphatic hydroxyl groups is 1. The number of anilines is 1. The second-order valence-corrected chi connectivity index (χ2v) is 15.5. The third-order valence-electron chi connectivity index (χ3n) is 9.50. The van der Waals surface area contributed by atoms with Crippen LogP contribution in [0.1, 0.15) is 74.8 Å². The molecule has 0 saturated carbocycles. The molecule has 9 heteroatoms. The lowest BCUT2D eigenvalue weighted by Crippen LogP contribution is -2.42. The van der Waals surface area contributed by atoms with E-state index in [1.807, 2.05) is 74.5 Å². The van der Waals surface area contributed by atoms with Crippen LogP contribution in [0.3, 0.4) is 0 Å². The molecule has 2 bridgehead atoms. The number of fused-ring (bicyclic) bond motifs is 3. The van der Waals surface area contributed by atoms with Gasteiger partial charge in [0.15, 0.2) is 21.3 Å². The van der Waals surface area contributed by atoms with E-state index in [-0.39, 0.29) is 34.8 Å². The molecule has 3 aliphatic heterocycles. The highest BCUT2D eigenvalue weighted by atomic mass is 35.5. The number of sulfone groups is 1. The van der Waals surface area contributed by atoms with Crippen LogP contribution in [-0.4, -0.2) is 43.1 Å². The Hall–Kier alpha value is -3.07. The first-order valence-corrected chi connectivity index (χ1v) is 16.9. The van der Waals surface area contributed by atoms with Gasteiger partial charge in [0.1, 0.15) is 0 Å². The molecule has 3 unspecified atom stereocenters. The summed E-state index contributed by atoms with van der Waals surface area (Å²) in [5.41, 5.74) is 2.93. The van der Waals surface area contributed by atoms with Crippen LogP contribution in [0.5, 0.6) is 11.5 Å². The second kappa shape index (κ2) is 11.1. The van der Waals surface area contributed by atoms with Crippen molar-refractivity contribution < 1.29 is 27.8 Å². The summed E-state index contributed by atoms with van der Waals surface area (Å²) in [6, 6.07) is 18.4. The summed E-state index contributed by atoms with van der Waals surface area (Å²) < 4.78 is 37.0. The summed E-state index contributed by atoms with van der Waals surface area (Å²) in [6.45, 7) is 5.70. The fourth-order valence-electron chi connectivity index (χ4n) is 7.19. The van der Waals surface area contributed by atoms with Crippen molar-refractivity contribution >= 4 is 33.0 Å². The van der Waals surface area contributed by atoms with Gasteiger partial charge in [-0.05, 0) is 111 Å². The highest BCUT2D eigenvalue weighted by Gasteiger charge is 2.51. The molecule has 2 fully saturated rings. The Balaban J connectivity index is 1.38. The van der Waals surface area contributed by atoms with Crippen LogP contribution >= 0.6 is 11.6 Å². The van der Waals surface area contributed by atoms with Crippen molar-refractivity contribution in [3.8, 4) is 11.5 Å².